The summed E-state index contributed by atoms with van der Waals surface area (Å²) in [7, 11) is 3.34. The number of rotatable bonds is 11. The van der Waals surface area contributed by atoms with E-state index in [1.165, 1.54) is 0 Å². The number of piperidine rings is 1. The smallest absolute Gasteiger partial charge is 0.320 e. The highest BCUT2D eigenvalue weighted by atomic mass is 16.5. The van der Waals surface area contributed by atoms with E-state index in [0.29, 0.717) is 59.9 Å². The van der Waals surface area contributed by atoms with Gasteiger partial charge in [-0.25, -0.2) is 4.98 Å². The van der Waals surface area contributed by atoms with Crippen LogP contribution in [0.25, 0.3) is 0 Å². The fourth-order valence-electron chi connectivity index (χ4n) is 7.19. The highest BCUT2D eigenvalue weighted by Gasteiger charge is 2.56. The van der Waals surface area contributed by atoms with Crippen LogP contribution in [0.4, 0.5) is 23.1 Å². The van der Waals surface area contributed by atoms with Gasteiger partial charge < -0.3 is 40.9 Å². The molecule has 6 rings (SSSR count). The number of likely N-dealkylation sites (tertiary alicyclic amines) is 1. The quantitative estimate of drug-likeness (QED) is 0.296. The lowest BCUT2D eigenvalue weighted by Crippen LogP contribution is -2.55. The summed E-state index contributed by atoms with van der Waals surface area (Å²) in [5.74, 6) is 1.30. The van der Waals surface area contributed by atoms with Crippen molar-refractivity contribution in [1.82, 2.24) is 20.2 Å². The van der Waals surface area contributed by atoms with Crippen LogP contribution in [-0.4, -0.2) is 95.7 Å². The van der Waals surface area contributed by atoms with Gasteiger partial charge in [0.15, 0.2) is 5.82 Å². The number of amides is 2. The molecule has 1 saturated heterocycles. The molecule has 2 unspecified atom stereocenters. The molecule has 3 fully saturated rings. The van der Waals surface area contributed by atoms with Gasteiger partial charge in [0.2, 0.25) is 11.9 Å². The molecule has 1 aromatic heterocycles. The summed E-state index contributed by atoms with van der Waals surface area (Å²) in [4.78, 5) is 52.8. The van der Waals surface area contributed by atoms with E-state index in [-0.39, 0.29) is 29.9 Å². The van der Waals surface area contributed by atoms with Crippen molar-refractivity contribution in [2.24, 2.45) is 17.6 Å². The van der Waals surface area contributed by atoms with E-state index in [4.69, 9.17) is 20.6 Å². The number of ether oxygens (including phenoxy) is 1. The van der Waals surface area contributed by atoms with Gasteiger partial charge in [0.05, 0.1) is 19.0 Å². The zero-order chi connectivity index (χ0) is 31.1. The SMILES string of the molecule is CC[C@@H]1C(=O)N(C)c2cnc(Nc3ccc(C(=O)NC4C5CN(CC[C@H](N)C(=O)O)CC54)cc3OC)nc2N1C1CCCC1. The third-order valence-corrected chi connectivity index (χ3v) is 9.76. The number of nitrogens with two attached hydrogens (primary N) is 1. The van der Waals surface area contributed by atoms with Crippen LogP contribution in [0.1, 0.15) is 55.8 Å². The number of carboxylic acid groups (broad SMARTS) is 1. The van der Waals surface area contributed by atoms with E-state index >= 15 is 0 Å². The molecule has 236 valence electrons. The van der Waals surface area contributed by atoms with Crippen molar-refractivity contribution in [3.05, 3.63) is 30.0 Å². The van der Waals surface area contributed by atoms with Crippen LogP contribution in [0.2, 0.25) is 0 Å². The maximum absolute atomic E-state index is 13.2. The van der Waals surface area contributed by atoms with E-state index < -0.39 is 12.0 Å². The third kappa shape index (κ3) is 5.65. The monoisotopic (exact) mass is 606 g/mol. The zero-order valence-corrected chi connectivity index (χ0v) is 25.5. The Bertz CT molecular complexity index is 1420. The number of likely N-dealkylation sites (N-methyl/N-ethyl adjacent to an activating group) is 1. The summed E-state index contributed by atoms with van der Waals surface area (Å²) in [6.45, 7) is 4.34. The summed E-state index contributed by atoms with van der Waals surface area (Å²) < 4.78 is 5.64. The third-order valence-electron chi connectivity index (χ3n) is 9.76. The Balaban J connectivity index is 1.12. The van der Waals surface area contributed by atoms with Crippen molar-refractivity contribution in [2.45, 2.75) is 69.6 Å². The Morgan fingerprint density at radius 3 is 2.59 bits per heavy atom. The van der Waals surface area contributed by atoms with Crippen LogP contribution in [-0.2, 0) is 9.59 Å². The minimum absolute atomic E-state index is 0.0689. The average Bonchev–Trinajstić information content (AvgIpc) is 3.39. The number of hydrogen-bond donors (Lipinski definition) is 4. The number of carbonyl (C=O) groups is 3. The second kappa shape index (κ2) is 12.2. The summed E-state index contributed by atoms with van der Waals surface area (Å²) in [5.41, 5.74) is 7.45. The lowest BCUT2D eigenvalue weighted by Gasteiger charge is -2.43. The highest BCUT2D eigenvalue weighted by molar-refractivity contribution is 6.04. The molecule has 3 heterocycles. The van der Waals surface area contributed by atoms with Crippen molar-refractivity contribution >= 4 is 40.9 Å². The molecule has 4 atom stereocenters. The first-order chi connectivity index (χ1) is 21.2. The molecular formula is C31H42N8O5. The zero-order valence-electron chi connectivity index (χ0n) is 25.5. The van der Waals surface area contributed by atoms with Gasteiger partial charge >= 0.3 is 5.97 Å². The van der Waals surface area contributed by atoms with Crippen molar-refractivity contribution in [2.75, 3.05) is 48.9 Å². The first-order valence-corrected chi connectivity index (χ1v) is 15.6. The number of aliphatic carboxylic acids is 1. The molecule has 2 saturated carbocycles. The summed E-state index contributed by atoms with van der Waals surface area (Å²) in [6.07, 6.45) is 7.18. The van der Waals surface area contributed by atoms with Crippen molar-refractivity contribution < 1.29 is 24.2 Å². The van der Waals surface area contributed by atoms with Gasteiger partial charge in [0.25, 0.3) is 5.91 Å². The summed E-state index contributed by atoms with van der Waals surface area (Å²) in [5, 5.41) is 15.4. The predicted molar refractivity (Wildman–Crippen MR) is 165 cm³/mol. The molecule has 5 N–H and O–H groups in total. The van der Waals surface area contributed by atoms with Gasteiger partial charge in [-0.1, -0.05) is 19.8 Å². The van der Waals surface area contributed by atoms with Crippen LogP contribution in [0.5, 0.6) is 5.75 Å². The minimum Gasteiger partial charge on any atom is -0.495 e. The number of nitrogens with one attached hydrogen (secondary N) is 2. The number of fused-ring (bicyclic) bond motifs is 2. The van der Waals surface area contributed by atoms with Gasteiger partial charge in [-0.2, -0.15) is 4.98 Å². The number of carboxylic acids is 1. The number of aromatic nitrogens is 2. The lowest BCUT2D eigenvalue weighted by molar-refractivity contribution is -0.138. The van der Waals surface area contributed by atoms with Gasteiger partial charge in [-0.05, 0) is 55.7 Å². The molecular weight excluding hydrogens is 564 g/mol. The van der Waals surface area contributed by atoms with Crippen LogP contribution >= 0.6 is 0 Å². The minimum atomic E-state index is -0.979. The number of benzene rings is 1. The summed E-state index contributed by atoms with van der Waals surface area (Å²) in [6, 6.07) is 4.53. The van der Waals surface area contributed by atoms with Gasteiger partial charge in [-0.3, -0.25) is 14.4 Å². The van der Waals surface area contributed by atoms with E-state index in [2.05, 4.69) is 25.4 Å². The number of methoxy groups -OCH3 is 1. The Kier molecular flexibility index (Phi) is 8.34. The van der Waals surface area contributed by atoms with Gasteiger partial charge in [-0.15, -0.1) is 0 Å². The van der Waals surface area contributed by atoms with Crippen LogP contribution in [0.3, 0.4) is 0 Å². The van der Waals surface area contributed by atoms with Gasteiger partial charge in [0.1, 0.15) is 23.5 Å². The fraction of sp³-hybridized carbons (Fsp3) is 0.581. The molecule has 2 aromatic rings. The van der Waals surface area contributed by atoms with E-state index in [1.54, 1.807) is 43.5 Å². The van der Waals surface area contributed by atoms with E-state index in [1.807, 2.05) is 6.92 Å². The lowest BCUT2D eigenvalue weighted by atomic mass is 10.0. The average molecular weight is 607 g/mol. The molecule has 4 aliphatic rings. The second-order valence-electron chi connectivity index (χ2n) is 12.4. The van der Waals surface area contributed by atoms with Crippen molar-refractivity contribution in [3.63, 3.8) is 0 Å². The molecule has 44 heavy (non-hydrogen) atoms. The summed E-state index contributed by atoms with van der Waals surface area (Å²) >= 11 is 0. The van der Waals surface area contributed by atoms with E-state index in [0.717, 1.165) is 44.6 Å². The number of carbonyl (C=O) groups excluding carboxylic acids is 2. The Morgan fingerprint density at radius 1 is 1.20 bits per heavy atom. The normalized spacial score (nSPS) is 25.4. The maximum atomic E-state index is 13.2. The van der Waals surface area contributed by atoms with Crippen LogP contribution in [0.15, 0.2) is 24.4 Å². The largest absolute Gasteiger partial charge is 0.495 e. The number of anilines is 4. The molecule has 2 aliphatic heterocycles. The van der Waals surface area contributed by atoms with Gasteiger partial charge in [0, 0.05) is 44.3 Å². The molecule has 2 amide bonds. The van der Waals surface area contributed by atoms with E-state index in [9.17, 15) is 14.4 Å². The van der Waals surface area contributed by atoms with Crippen molar-refractivity contribution in [3.8, 4) is 5.75 Å². The second-order valence-corrected chi connectivity index (χ2v) is 12.4. The maximum Gasteiger partial charge on any atom is 0.320 e. The molecule has 0 spiro atoms. The topological polar surface area (TPSA) is 166 Å². The molecule has 0 bridgehead atoms. The van der Waals surface area contributed by atoms with Crippen molar-refractivity contribution in [1.29, 1.82) is 0 Å². The first kappa shape index (κ1) is 30.1. The molecule has 0 radical (unpaired) electrons. The van der Waals surface area contributed by atoms with Crippen LogP contribution < -0.4 is 30.9 Å². The van der Waals surface area contributed by atoms with Crippen LogP contribution in [0, 0.1) is 11.8 Å². The Labute approximate surface area is 257 Å². The number of hydrogen-bond acceptors (Lipinski definition) is 10. The molecule has 2 aliphatic carbocycles. The molecule has 13 heteroatoms. The standard InChI is InChI=1S/C31H42N8O5/c1-4-23-29(41)37(2)24-14-33-31(36-27(24)39(23)18-7-5-6-8-18)34-22-10-9-17(13-25(22)44-3)28(40)35-26-19-15-38(16-20(19)26)12-11-21(32)30(42)43/h9-10,13-14,18-21,23,26H,4-8,11-12,15-16,32H2,1-3H3,(H,35,40)(H,42,43)(H,33,34,36)/t19?,20?,21-,23+,26?/m0/s1. The fourth-order valence-corrected chi connectivity index (χ4v) is 7.19. The predicted octanol–water partition coefficient (Wildman–Crippen LogP) is 2.19. The Morgan fingerprint density at radius 2 is 1.93 bits per heavy atom. The first-order valence-electron chi connectivity index (χ1n) is 15.6. The number of nitrogens with zero attached hydrogens (tertiary/aromatic N) is 5. The molecule has 13 nitrogen and oxygen atoms in total. The Hall–Kier alpha value is -3.97. The molecule has 1 aromatic carbocycles. The highest BCUT2D eigenvalue weighted by Crippen LogP contribution is 2.46.